The van der Waals surface area contributed by atoms with Crippen LogP contribution in [0.5, 0.6) is 0 Å². The third-order valence-electron chi connectivity index (χ3n) is 2.40. The Morgan fingerprint density at radius 1 is 1.07 bits per heavy atom. The number of amides is 1. The second-order valence-corrected chi connectivity index (χ2v) is 4.22. The molecule has 0 spiro atoms. The highest BCUT2D eigenvalue weighted by atomic mass is 16.2. The van der Waals surface area contributed by atoms with Gasteiger partial charge in [-0.25, -0.2) is 0 Å². The zero-order valence-electron chi connectivity index (χ0n) is 10.3. The number of likely N-dealkylation sites (N-methyl/N-ethyl adjacent to an activating group) is 2. The molecule has 0 bridgehead atoms. The molecule has 4 nitrogen and oxygen atoms in total. The van der Waals surface area contributed by atoms with Crippen LogP contribution in [-0.4, -0.2) is 56.5 Å². The van der Waals surface area contributed by atoms with E-state index < -0.39 is 0 Å². The van der Waals surface area contributed by atoms with Crippen LogP contribution in [0.2, 0.25) is 0 Å². The van der Waals surface area contributed by atoms with Gasteiger partial charge < -0.3 is 15.5 Å². The molecule has 0 aromatic heterocycles. The lowest BCUT2D eigenvalue weighted by Crippen LogP contribution is -2.33. The van der Waals surface area contributed by atoms with Crippen molar-refractivity contribution < 1.29 is 4.79 Å². The van der Waals surface area contributed by atoms with Crippen LogP contribution in [0.15, 0.2) is 0 Å². The zero-order valence-corrected chi connectivity index (χ0v) is 10.3. The molecule has 0 heterocycles. The summed E-state index contributed by atoms with van der Waals surface area (Å²) in [7, 11) is 5.90. The first kappa shape index (κ1) is 14.4. The van der Waals surface area contributed by atoms with Crippen molar-refractivity contribution >= 4 is 5.91 Å². The Bertz CT molecular complexity index is 171. The normalized spacial score (nSPS) is 10.7. The molecule has 0 radical (unpaired) electrons. The second-order valence-electron chi connectivity index (χ2n) is 4.22. The summed E-state index contributed by atoms with van der Waals surface area (Å²) in [5, 5.41) is 0. The molecular weight excluding hydrogens is 190 g/mol. The van der Waals surface area contributed by atoms with E-state index in [-0.39, 0.29) is 5.91 Å². The third kappa shape index (κ3) is 8.39. The SMILES string of the molecule is CN(C)CCN(C)C(=O)CCCCCN. The molecule has 0 aromatic rings. The smallest absolute Gasteiger partial charge is 0.222 e. The number of hydrogen-bond acceptors (Lipinski definition) is 3. The number of nitrogens with two attached hydrogens (primary N) is 1. The summed E-state index contributed by atoms with van der Waals surface area (Å²) in [6.45, 7) is 2.46. The van der Waals surface area contributed by atoms with E-state index in [0.717, 1.165) is 38.9 Å². The van der Waals surface area contributed by atoms with Gasteiger partial charge in [0.2, 0.25) is 5.91 Å². The maximum Gasteiger partial charge on any atom is 0.222 e. The Kier molecular flexibility index (Phi) is 8.33. The van der Waals surface area contributed by atoms with Gasteiger partial charge in [0, 0.05) is 26.6 Å². The minimum Gasteiger partial charge on any atom is -0.344 e. The van der Waals surface area contributed by atoms with Crippen LogP contribution < -0.4 is 5.73 Å². The fourth-order valence-corrected chi connectivity index (χ4v) is 1.26. The summed E-state index contributed by atoms with van der Waals surface area (Å²) in [5.41, 5.74) is 5.39. The molecule has 1 amide bonds. The van der Waals surface area contributed by atoms with E-state index in [0.29, 0.717) is 6.42 Å². The molecule has 0 rings (SSSR count). The third-order valence-corrected chi connectivity index (χ3v) is 2.40. The highest BCUT2D eigenvalue weighted by Crippen LogP contribution is 2.01. The van der Waals surface area contributed by atoms with Gasteiger partial charge in [0.15, 0.2) is 0 Å². The van der Waals surface area contributed by atoms with Crippen LogP contribution in [0, 0.1) is 0 Å². The van der Waals surface area contributed by atoms with Crippen molar-refractivity contribution in [3.63, 3.8) is 0 Å². The van der Waals surface area contributed by atoms with Crippen molar-refractivity contribution in [2.75, 3.05) is 40.8 Å². The van der Waals surface area contributed by atoms with Crippen molar-refractivity contribution in [3.05, 3.63) is 0 Å². The van der Waals surface area contributed by atoms with E-state index in [9.17, 15) is 4.79 Å². The van der Waals surface area contributed by atoms with Crippen LogP contribution in [0.3, 0.4) is 0 Å². The summed E-state index contributed by atoms with van der Waals surface area (Å²) >= 11 is 0. The molecule has 15 heavy (non-hydrogen) atoms. The van der Waals surface area contributed by atoms with Gasteiger partial charge in [-0.3, -0.25) is 4.79 Å². The molecule has 2 N–H and O–H groups in total. The Morgan fingerprint density at radius 3 is 2.27 bits per heavy atom. The Balaban J connectivity index is 3.51. The Labute approximate surface area is 93.4 Å². The maximum atomic E-state index is 11.6. The molecule has 0 fully saturated rings. The summed E-state index contributed by atoms with van der Waals surface area (Å²) in [5.74, 6) is 0.244. The zero-order chi connectivity index (χ0) is 11.7. The lowest BCUT2D eigenvalue weighted by atomic mass is 10.2. The molecule has 0 saturated heterocycles. The summed E-state index contributed by atoms with van der Waals surface area (Å²) in [6.07, 6.45) is 3.70. The van der Waals surface area contributed by atoms with E-state index in [1.807, 2.05) is 26.0 Å². The predicted molar refractivity (Wildman–Crippen MR) is 63.7 cm³/mol. The molecular formula is C11H25N3O. The van der Waals surface area contributed by atoms with Gasteiger partial charge in [-0.15, -0.1) is 0 Å². The molecule has 0 unspecified atom stereocenters. The highest BCUT2D eigenvalue weighted by Gasteiger charge is 2.07. The lowest BCUT2D eigenvalue weighted by molar-refractivity contribution is -0.130. The Hall–Kier alpha value is -0.610. The van der Waals surface area contributed by atoms with Crippen LogP contribution in [0.4, 0.5) is 0 Å². The van der Waals surface area contributed by atoms with Crippen molar-refractivity contribution in [1.82, 2.24) is 9.80 Å². The van der Waals surface area contributed by atoms with Gasteiger partial charge >= 0.3 is 0 Å². The van der Waals surface area contributed by atoms with Crippen LogP contribution >= 0.6 is 0 Å². The van der Waals surface area contributed by atoms with Crippen molar-refractivity contribution in [3.8, 4) is 0 Å². The van der Waals surface area contributed by atoms with Gasteiger partial charge in [-0.2, -0.15) is 0 Å². The van der Waals surface area contributed by atoms with E-state index in [2.05, 4.69) is 4.90 Å². The first-order valence-corrected chi connectivity index (χ1v) is 5.66. The van der Waals surface area contributed by atoms with Crippen LogP contribution in [-0.2, 0) is 4.79 Å². The van der Waals surface area contributed by atoms with Crippen LogP contribution in [0.25, 0.3) is 0 Å². The van der Waals surface area contributed by atoms with E-state index >= 15 is 0 Å². The average Bonchev–Trinajstić information content (AvgIpc) is 2.20. The monoisotopic (exact) mass is 215 g/mol. The van der Waals surface area contributed by atoms with Gasteiger partial charge in [0.25, 0.3) is 0 Å². The second kappa shape index (κ2) is 8.68. The number of carbonyl (C=O) groups excluding carboxylic acids is 1. The van der Waals surface area contributed by atoms with Crippen molar-refractivity contribution in [1.29, 1.82) is 0 Å². The maximum absolute atomic E-state index is 11.6. The number of hydrogen-bond donors (Lipinski definition) is 1. The lowest BCUT2D eigenvalue weighted by Gasteiger charge is -2.19. The highest BCUT2D eigenvalue weighted by molar-refractivity contribution is 5.75. The number of nitrogens with zero attached hydrogens (tertiary/aromatic N) is 2. The van der Waals surface area contributed by atoms with Crippen LogP contribution in [0.1, 0.15) is 25.7 Å². The van der Waals surface area contributed by atoms with Gasteiger partial charge in [0.05, 0.1) is 0 Å². The summed E-state index contributed by atoms with van der Waals surface area (Å²) in [4.78, 5) is 15.5. The summed E-state index contributed by atoms with van der Waals surface area (Å²) < 4.78 is 0. The number of unbranched alkanes of at least 4 members (excludes halogenated alkanes) is 2. The summed E-state index contributed by atoms with van der Waals surface area (Å²) in [6, 6.07) is 0. The molecule has 0 aliphatic heterocycles. The minimum absolute atomic E-state index is 0.244. The number of carbonyl (C=O) groups is 1. The van der Waals surface area contributed by atoms with E-state index in [4.69, 9.17) is 5.73 Å². The first-order valence-electron chi connectivity index (χ1n) is 5.66. The Morgan fingerprint density at radius 2 is 1.73 bits per heavy atom. The molecule has 0 saturated carbocycles. The van der Waals surface area contributed by atoms with Gasteiger partial charge in [-0.05, 0) is 33.5 Å². The molecule has 0 aliphatic rings. The molecule has 0 aromatic carbocycles. The molecule has 90 valence electrons. The largest absolute Gasteiger partial charge is 0.344 e. The number of rotatable bonds is 8. The first-order chi connectivity index (χ1) is 7.07. The molecule has 0 aliphatic carbocycles. The standard InChI is InChI=1S/C11H25N3O/c1-13(2)9-10-14(3)11(15)7-5-4-6-8-12/h4-10,12H2,1-3H3. The quantitative estimate of drug-likeness (QED) is 0.601. The van der Waals surface area contributed by atoms with E-state index in [1.165, 1.54) is 0 Å². The average molecular weight is 215 g/mol. The fourth-order valence-electron chi connectivity index (χ4n) is 1.26. The topological polar surface area (TPSA) is 49.6 Å². The molecule has 0 atom stereocenters. The fraction of sp³-hybridized carbons (Fsp3) is 0.909. The predicted octanol–water partition coefficient (Wildman–Crippen LogP) is 0.526. The van der Waals surface area contributed by atoms with Crippen molar-refractivity contribution in [2.45, 2.75) is 25.7 Å². The van der Waals surface area contributed by atoms with Gasteiger partial charge in [0.1, 0.15) is 0 Å². The molecule has 4 heteroatoms. The van der Waals surface area contributed by atoms with E-state index in [1.54, 1.807) is 0 Å². The van der Waals surface area contributed by atoms with Gasteiger partial charge in [-0.1, -0.05) is 6.42 Å². The minimum atomic E-state index is 0.244. The van der Waals surface area contributed by atoms with Crippen molar-refractivity contribution in [2.24, 2.45) is 5.73 Å².